The number of carbonyl (C=O) groups excluding carboxylic acids is 1. The number of rotatable bonds is 11. The quantitative estimate of drug-likeness (QED) is 0.172. The van der Waals surface area contributed by atoms with Crippen molar-refractivity contribution >= 4 is 52.3 Å². The third-order valence-electron chi connectivity index (χ3n) is 6.28. The second kappa shape index (κ2) is 12.0. The highest BCUT2D eigenvalue weighted by Crippen LogP contribution is 2.22. The molecule has 0 saturated carbocycles. The molecule has 0 spiro atoms. The standard InChI is InChI=1S/C27H29ClN10O2/c1-4-19-13-22(37-36-19)32-26-33-25(34-27(35-26)38(2)15-16-7-5-8-18(28)11-16)31-21(24(39)40-3)12-17-14-30-23-20(17)9-6-10-29-23/h5-11,13-14,21H,4,12,15H2,1-3H3,(H,29,30)(H3,31,32,33,34,35,36,37). The van der Waals surface area contributed by atoms with E-state index in [0.717, 1.165) is 34.3 Å². The van der Waals surface area contributed by atoms with E-state index in [0.29, 0.717) is 29.8 Å². The maximum atomic E-state index is 12.8. The molecule has 0 radical (unpaired) electrons. The van der Waals surface area contributed by atoms with Crippen molar-refractivity contribution in [2.75, 3.05) is 29.7 Å². The molecule has 0 aliphatic carbocycles. The Hall–Kier alpha value is -4.71. The van der Waals surface area contributed by atoms with Gasteiger partial charge in [-0.05, 0) is 41.8 Å². The van der Waals surface area contributed by atoms with Gasteiger partial charge < -0.3 is 25.3 Å². The first-order chi connectivity index (χ1) is 19.4. The lowest BCUT2D eigenvalue weighted by Gasteiger charge is -2.20. The van der Waals surface area contributed by atoms with Crippen molar-refractivity contribution < 1.29 is 9.53 Å². The third-order valence-corrected chi connectivity index (χ3v) is 6.51. The highest BCUT2D eigenvalue weighted by molar-refractivity contribution is 6.30. The largest absolute Gasteiger partial charge is 0.467 e. The lowest BCUT2D eigenvalue weighted by atomic mass is 10.1. The van der Waals surface area contributed by atoms with E-state index in [4.69, 9.17) is 16.3 Å². The van der Waals surface area contributed by atoms with E-state index >= 15 is 0 Å². The summed E-state index contributed by atoms with van der Waals surface area (Å²) in [5.41, 5.74) is 3.59. The predicted octanol–water partition coefficient (Wildman–Crippen LogP) is 4.26. The topological polar surface area (TPSA) is 150 Å². The van der Waals surface area contributed by atoms with Crippen LogP contribution in [0.3, 0.4) is 0 Å². The van der Waals surface area contributed by atoms with Crippen LogP contribution in [0.2, 0.25) is 5.02 Å². The highest BCUT2D eigenvalue weighted by atomic mass is 35.5. The molecule has 12 nitrogen and oxygen atoms in total. The van der Waals surface area contributed by atoms with Crippen LogP contribution in [0.4, 0.5) is 23.7 Å². The summed E-state index contributed by atoms with van der Waals surface area (Å²) >= 11 is 6.18. The van der Waals surface area contributed by atoms with E-state index in [1.165, 1.54) is 7.11 Å². The average molecular weight is 561 g/mol. The summed E-state index contributed by atoms with van der Waals surface area (Å²) < 4.78 is 5.10. The number of anilines is 4. The first kappa shape index (κ1) is 26.9. The number of aromatic nitrogens is 7. The van der Waals surface area contributed by atoms with Crippen molar-refractivity contribution in [3.8, 4) is 0 Å². The molecule has 4 heterocycles. The molecular weight excluding hydrogens is 532 g/mol. The Bertz CT molecular complexity index is 1620. The third kappa shape index (κ3) is 6.29. The van der Waals surface area contributed by atoms with Crippen LogP contribution >= 0.6 is 11.6 Å². The molecule has 5 aromatic rings. The molecule has 1 atom stereocenters. The summed E-state index contributed by atoms with van der Waals surface area (Å²) in [5.74, 6) is 0.950. The van der Waals surface area contributed by atoms with Crippen molar-refractivity contribution in [1.29, 1.82) is 0 Å². The number of hydrogen-bond acceptors (Lipinski definition) is 10. The summed E-state index contributed by atoms with van der Waals surface area (Å²) in [4.78, 5) is 36.0. The van der Waals surface area contributed by atoms with Gasteiger partial charge in [0, 0.05) is 54.6 Å². The minimum absolute atomic E-state index is 0.199. The molecule has 0 aliphatic rings. The first-order valence-electron chi connectivity index (χ1n) is 12.7. The van der Waals surface area contributed by atoms with Gasteiger partial charge >= 0.3 is 5.97 Å². The van der Waals surface area contributed by atoms with Gasteiger partial charge in [-0.25, -0.2) is 9.78 Å². The summed E-state index contributed by atoms with van der Waals surface area (Å²) in [6, 6.07) is 12.5. The maximum Gasteiger partial charge on any atom is 0.328 e. The van der Waals surface area contributed by atoms with Gasteiger partial charge in [-0.2, -0.15) is 20.1 Å². The summed E-state index contributed by atoms with van der Waals surface area (Å²) in [5, 5.41) is 15.1. The molecule has 0 fully saturated rings. The van der Waals surface area contributed by atoms with Crippen LogP contribution in [0.15, 0.2) is 54.9 Å². The van der Waals surface area contributed by atoms with Crippen LogP contribution in [-0.4, -0.2) is 61.3 Å². The van der Waals surface area contributed by atoms with Crippen molar-refractivity contribution in [3.63, 3.8) is 0 Å². The minimum atomic E-state index is -0.775. The number of benzene rings is 1. The molecular formula is C27H29ClN10O2. The SMILES string of the molecule is CCc1cc(Nc2nc(NC(Cc3c[nH]c4ncccc34)C(=O)OC)nc(N(C)Cc3cccc(Cl)c3)n2)n[nH]1. The van der Waals surface area contributed by atoms with E-state index in [1.807, 2.05) is 67.5 Å². The number of halogens is 1. The van der Waals surface area contributed by atoms with Crippen molar-refractivity contribution in [1.82, 2.24) is 35.1 Å². The average Bonchev–Trinajstić information content (AvgIpc) is 3.59. The maximum absolute atomic E-state index is 12.8. The fraction of sp³-hybridized carbons (Fsp3) is 0.259. The molecule has 13 heteroatoms. The van der Waals surface area contributed by atoms with Gasteiger partial charge in [0.2, 0.25) is 17.8 Å². The van der Waals surface area contributed by atoms with Crippen molar-refractivity contribution in [3.05, 3.63) is 76.7 Å². The molecule has 0 amide bonds. The molecule has 206 valence electrons. The lowest BCUT2D eigenvalue weighted by molar-refractivity contribution is -0.141. The zero-order chi connectivity index (χ0) is 28.1. The fourth-order valence-electron chi connectivity index (χ4n) is 4.25. The molecule has 40 heavy (non-hydrogen) atoms. The Balaban J connectivity index is 1.46. The number of methoxy groups -OCH3 is 1. The fourth-order valence-corrected chi connectivity index (χ4v) is 4.46. The number of hydrogen-bond donors (Lipinski definition) is 4. The van der Waals surface area contributed by atoms with Gasteiger partial charge in [-0.15, -0.1) is 0 Å². The van der Waals surface area contributed by atoms with E-state index in [-0.39, 0.29) is 11.9 Å². The lowest BCUT2D eigenvalue weighted by Crippen LogP contribution is -2.34. The van der Waals surface area contributed by atoms with Gasteiger partial charge in [-0.3, -0.25) is 5.10 Å². The van der Waals surface area contributed by atoms with Gasteiger partial charge in [-0.1, -0.05) is 30.7 Å². The number of fused-ring (bicyclic) bond motifs is 1. The summed E-state index contributed by atoms with van der Waals surface area (Å²) in [6.45, 7) is 2.52. The number of nitrogens with one attached hydrogen (secondary N) is 4. The van der Waals surface area contributed by atoms with E-state index < -0.39 is 12.0 Å². The molecule has 0 aliphatic heterocycles. The highest BCUT2D eigenvalue weighted by Gasteiger charge is 2.24. The van der Waals surface area contributed by atoms with Crippen LogP contribution in [0.25, 0.3) is 11.0 Å². The summed E-state index contributed by atoms with van der Waals surface area (Å²) in [6.07, 6.45) is 4.67. The number of carbonyl (C=O) groups is 1. The number of aromatic amines is 2. The number of H-pyrrole nitrogens is 2. The van der Waals surface area contributed by atoms with Gasteiger partial charge in [0.1, 0.15) is 11.7 Å². The number of nitrogens with zero attached hydrogens (tertiary/aromatic N) is 6. The van der Waals surface area contributed by atoms with E-state index in [1.54, 1.807) is 6.20 Å². The van der Waals surface area contributed by atoms with Crippen LogP contribution in [0, 0.1) is 0 Å². The van der Waals surface area contributed by atoms with Crippen LogP contribution in [0.1, 0.15) is 23.7 Å². The molecule has 0 bridgehead atoms. The van der Waals surface area contributed by atoms with Crippen molar-refractivity contribution in [2.24, 2.45) is 0 Å². The number of aryl methyl sites for hydroxylation is 1. The second-order valence-corrected chi connectivity index (χ2v) is 9.60. The van der Waals surface area contributed by atoms with E-state index in [2.05, 4.69) is 45.8 Å². The number of pyridine rings is 1. The van der Waals surface area contributed by atoms with Crippen molar-refractivity contribution in [2.45, 2.75) is 32.4 Å². The molecule has 4 N–H and O–H groups in total. The normalized spacial score (nSPS) is 11.8. The van der Waals surface area contributed by atoms with Crippen LogP contribution < -0.4 is 15.5 Å². The monoisotopic (exact) mass is 560 g/mol. The molecule has 5 rings (SSSR count). The second-order valence-electron chi connectivity index (χ2n) is 9.16. The Morgan fingerprint density at radius 1 is 1.15 bits per heavy atom. The Morgan fingerprint density at radius 3 is 2.77 bits per heavy atom. The van der Waals surface area contributed by atoms with Crippen LogP contribution in [0.5, 0.6) is 0 Å². The molecule has 0 saturated heterocycles. The Kier molecular flexibility index (Phi) is 8.06. The van der Waals surface area contributed by atoms with Crippen LogP contribution in [-0.2, 0) is 28.9 Å². The Morgan fingerprint density at radius 2 is 2.00 bits per heavy atom. The zero-order valence-corrected chi connectivity index (χ0v) is 23.0. The molecule has 4 aromatic heterocycles. The number of esters is 1. The molecule has 1 aromatic carbocycles. The molecule has 1 unspecified atom stereocenters. The smallest absolute Gasteiger partial charge is 0.328 e. The zero-order valence-electron chi connectivity index (χ0n) is 22.3. The first-order valence-corrected chi connectivity index (χ1v) is 13.1. The van der Waals surface area contributed by atoms with Gasteiger partial charge in [0.25, 0.3) is 0 Å². The predicted molar refractivity (Wildman–Crippen MR) is 154 cm³/mol. The number of ether oxygens (including phenoxy) is 1. The van der Waals surface area contributed by atoms with Gasteiger partial charge in [0.05, 0.1) is 7.11 Å². The Labute approximate surface area is 235 Å². The minimum Gasteiger partial charge on any atom is -0.467 e. The van der Waals surface area contributed by atoms with Gasteiger partial charge in [0.15, 0.2) is 5.82 Å². The summed E-state index contributed by atoms with van der Waals surface area (Å²) in [7, 11) is 3.21. The van der Waals surface area contributed by atoms with E-state index in [9.17, 15) is 4.79 Å².